The molecule has 0 spiro atoms. The van der Waals surface area contributed by atoms with Gasteiger partial charge in [-0.3, -0.25) is 4.79 Å². The molecule has 4 rings (SSSR count). The van der Waals surface area contributed by atoms with Crippen molar-refractivity contribution in [3.05, 3.63) is 70.0 Å². The van der Waals surface area contributed by atoms with Gasteiger partial charge in [0.25, 0.3) is 5.91 Å². The number of fused-ring (bicyclic) bond motifs is 1. The van der Waals surface area contributed by atoms with Gasteiger partial charge in [0.2, 0.25) is 0 Å². The highest BCUT2D eigenvalue weighted by Crippen LogP contribution is 2.34. The molecular weight excluding hydrogens is 404 g/mol. The van der Waals surface area contributed by atoms with Gasteiger partial charge < -0.3 is 5.32 Å². The molecule has 0 bridgehead atoms. The summed E-state index contributed by atoms with van der Waals surface area (Å²) >= 11 is 6.49. The predicted octanol–water partition coefficient (Wildman–Crippen LogP) is 6.04. The molecule has 0 aliphatic heterocycles. The minimum absolute atomic E-state index is 0.102. The summed E-state index contributed by atoms with van der Waals surface area (Å²) in [4.78, 5) is 18.7. The summed E-state index contributed by atoms with van der Waals surface area (Å²) in [6.45, 7) is 0. The van der Waals surface area contributed by atoms with E-state index in [0.29, 0.717) is 4.88 Å². The molecule has 1 amide bonds. The zero-order valence-electron chi connectivity index (χ0n) is 12.3. The molecule has 3 nitrogen and oxygen atoms in total. The normalized spacial score (nSPS) is 10.9. The summed E-state index contributed by atoms with van der Waals surface area (Å²) in [7, 11) is 0. The number of thiazole rings is 1. The van der Waals surface area contributed by atoms with E-state index in [9.17, 15) is 4.79 Å². The number of carbonyl (C=O) groups is 1. The smallest absolute Gasteiger partial charge is 0.265 e. The number of hydrogen-bond acceptors (Lipinski definition) is 4. The van der Waals surface area contributed by atoms with Crippen LogP contribution in [0.3, 0.4) is 0 Å². The molecule has 4 aromatic rings. The van der Waals surface area contributed by atoms with Gasteiger partial charge >= 0.3 is 0 Å². The van der Waals surface area contributed by atoms with Crippen molar-refractivity contribution in [2.45, 2.75) is 0 Å². The third-order valence-corrected chi connectivity index (χ3v) is 6.25. The van der Waals surface area contributed by atoms with E-state index in [1.54, 1.807) is 11.3 Å². The Balaban J connectivity index is 1.57. The molecule has 2 aromatic heterocycles. The number of anilines is 1. The van der Waals surface area contributed by atoms with Crippen LogP contribution in [-0.2, 0) is 0 Å². The number of halogens is 1. The average Bonchev–Trinajstić information content (AvgIpc) is 3.23. The lowest BCUT2D eigenvalue weighted by Crippen LogP contribution is -2.09. The van der Waals surface area contributed by atoms with Crippen molar-refractivity contribution in [3.63, 3.8) is 0 Å². The van der Waals surface area contributed by atoms with Crippen LogP contribution >= 0.6 is 38.6 Å². The Morgan fingerprint density at radius 3 is 2.54 bits per heavy atom. The third-order valence-electron chi connectivity index (χ3n) is 3.44. The van der Waals surface area contributed by atoms with E-state index in [1.807, 2.05) is 54.6 Å². The lowest BCUT2D eigenvalue weighted by Gasteiger charge is -2.03. The highest BCUT2D eigenvalue weighted by Gasteiger charge is 2.13. The van der Waals surface area contributed by atoms with Crippen LogP contribution in [0.25, 0.3) is 20.1 Å². The van der Waals surface area contributed by atoms with E-state index in [4.69, 9.17) is 0 Å². The summed E-state index contributed by atoms with van der Waals surface area (Å²) < 4.78 is 2.14. The molecule has 6 heteroatoms. The highest BCUT2D eigenvalue weighted by atomic mass is 79.9. The number of rotatable bonds is 3. The summed E-state index contributed by atoms with van der Waals surface area (Å²) in [6, 6.07) is 19.4. The Morgan fingerprint density at radius 1 is 0.958 bits per heavy atom. The quantitative estimate of drug-likeness (QED) is 0.443. The number of hydrogen-bond donors (Lipinski definition) is 1. The number of benzene rings is 2. The second-order valence-corrected chi connectivity index (χ2v) is 8.14. The van der Waals surface area contributed by atoms with Crippen LogP contribution in [0.1, 0.15) is 9.67 Å². The predicted molar refractivity (Wildman–Crippen MR) is 105 cm³/mol. The maximum absolute atomic E-state index is 12.4. The first-order valence-electron chi connectivity index (χ1n) is 7.22. The van der Waals surface area contributed by atoms with Gasteiger partial charge in [0, 0.05) is 10.2 Å². The van der Waals surface area contributed by atoms with Crippen molar-refractivity contribution >= 4 is 60.4 Å². The Bertz CT molecular complexity index is 988. The minimum Gasteiger partial charge on any atom is -0.321 e. The van der Waals surface area contributed by atoms with Gasteiger partial charge in [0.1, 0.15) is 5.01 Å². The Hall–Kier alpha value is -2.02. The van der Waals surface area contributed by atoms with Crippen molar-refractivity contribution < 1.29 is 4.79 Å². The van der Waals surface area contributed by atoms with Crippen molar-refractivity contribution in [1.29, 1.82) is 0 Å². The number of nitrogens with one attached hydrogen (secondary N) is 1. The monoisotopic (exact) mass is 414 g/mol. The molecule has 0 aliphatic rings. The molecular formula is C18H11BrN2OS2. The third kappa shape index (κ3) is 3.13. The van der Waals surface area contributed by atoms with E-state index in [0.717, 1.165) is 30.3 Å². The molecule has 118 valence electrons. The minimum atomic E-state index is -0.102. The molecule has 0 saturated heterocycles. The molecule has 1 N–H and O–H groups in total. The second-order valence-electron chi connectivity index (χ2n) is 5.11. The van der Waals surface area contributed by atoms with E-state index in [1.165, 1.54) is 11.3 Å². The van der Waals surface area contributed by atoms with Gasteiger partial charge in [-0.2, -0.15) is 0 Å². The molecule has 2 aromatic carbocycles. The number of carbonyl (C=O) groups excluding carboxylic acids is 1. The fourth-order valence-electron chi connectivity index (χ4n) is 2.28. The molecule has 0 unspecified atom stereocenters. The number of thiophene rings is 1. The number of aromatic nitrogens is 1. The van der Waals surface area contributed by atoms with Crippen molar-refractivity contribution in [2.75, 3.05) is 5.32 Å². The topological polar surface area (TPSA) is 42.0 Å². The van der Waals surface area contributed by atoms with Crippen LogP contribution in [-0.4, -0.2) is 10.9 Å². The van der Waals surface area contributed by atoms with Gasteiger partial charge in [0.15, 0.2) is 0 Å². The largest absolute Gasteiger partial charge is 0.321 e. The van der Waals surface area contributed by atoms with Crippen LogP contribution in [0.2, 0.25) is 0 Å². The van der Waals surface area contributed by atoms with E-state index >= 15 is 0 Å². The zero-order chi connectivity index (χ0) is 16.5. The number of amides is 1. The summed E-state index contributed by atoms with van der Waals surface area (Å²) in [5, 5.41) is 3.86. The maximum Gasteiger partial charge on any atom is 0.265 e. The van der Waals surface area contributed by atoms with E-state index in [2.05, 4.69) is 32.3 Å². The fourth-order valence-corrected chi connectivity index (χ4v) is 4.46. The molecule has 0 saturated carbocycles. The van der Waals surface area contributed by atoms with Crippen molar-refractivity contribution in [3.8, 4) is 9.88 Å². The Morgan fingerprint density at radius 2 is 1.75 bits per heavy atom. The fraction of sp³-hybridized carbons (Fsp3) is 0. The standard InChI is InChI=1S/C18H11BrN2OS2/c19-11-5-7-12(8-6-11)20-17(22)15-9-10-16(23-15)18-21-13-3-1-2-4-14(13)24-18/h1-10H,(H,20,22). The molecule has 0 fully saturated rings. The highest BCUT2D eigenvalue weighted by molar-refractivity contribution is 9.10. The van der Waals surface area contributed by atoms with Gasteiger partial charge in [-0.05, 0) is 48.5 Å². The molecule has 24 heavy (non-hydrogen) atoms. The van der Waals surface area contributed by atoms with Crippen molar-refractivity contribution in [2.24, 2.45) is 0 Å². The first-order chi connectivity index (χ1) is 11.7. The van der Waals surface area contributed by atoms with Crippen LogP contribution < -0.4 is 5.32 Å². The van der Waals surface area contributed by atoms with Crippen LogP contribution in [0.5, 0.6) is 0 Å². The molecule has 0 radical (unpaired) electrons. The van der Waals surface area contributed by atoms with Gasteiger partial charge in [-0.1, -0.05) is 28.1 Å². The Kier molecular flexibility index (Phi) is 4.18. The molecule has 0 aliphatic carbocycles. The van der Waals surface area contributed by atoms with Crippen molar-refractivity contribution in [1.82, 2.24) is 4.98 Å². The summed E-state index contributed by atoms with van der Waals surface area (Å²) in [5.74, 6) is -0.102. The van der Waals surface area contributed by atoms with E-state index in [-0.39, 0.29) is 5.91 Å². The number of nitrogens with zero attached hydrogens (tertiary/aromatic N) is 1. The SMILES string of the molecule is O=C(Nc1ccc(Br)cc1)c1ccc(-c2nc3ccccc3s2)s1. The first-order valence-corrected chi connectivity index (χ1v) is 9.64. The van der Waals surface area contributed by atoms with E-state index < -0.39 is 0 Å². The van der Waals surface area contributed by atoms with Gasteiger partial charge in [0.05, 0.1) is 20.0 Å². The first kappa shape index (κ1) is 15.5. The molecule has 2 heterocycles. The lowest BCUT2D eigenvalue weighted by molar-refractivity contribution is 0.103. The Labute approximate surface area is 155 Å². The lowest BCUT2D eigenvalue weighted by atomic mass is 10.3. The second kappa shape index (κ2) is 6.47. The van der Waals surface area contributed by atoms with Crippen LogP contribution in [0.15, 0.2) is 65.1 Å². The maximum atomic E-state index is 12.4. The van der Waals surface area contributed by atoms with Gasteiger partial charge in [-0.15, -0.1) is 22.7 Å². The van der Waals surface area contributed by atoms with Gasteiger partial charge in [-0.25, -0.2) is 4.98 Å². The zero-order valence-corrected chi connectivity index (χ0v) is 15.5. The average molecular weight is 415 g/mol. The summed E-state index contributed by atoms with van der Waals surface area (Å²) in [6.07, 6.45) is 0. The number of para-hydroxylation sites is 1. The summed E-state index contributed by atoms with van der Waals surface area (Å²) in [5.41, 5.74) is 1.77. The molecule has 0 atom stereocenters. The van der Waals surface area contributed by atoms with Crippen LogP contribution in [0, 0.1) is 0 Å². The van der Waals surface area contributed by atoms with Crippen LogP contribution in [0.4, 0.5) is 5.69 Å².